The van der Waals surface area contributed by atoms with Crippen LogP contribution in [0.25, 0.3) is 0 Å². The van der Waals surface area contributed by atoms with Crippen LogP contribution in [0, 0.1) is 0 Å². The Morgan fingerprint density at radius 2 is 2.11 bits per heavy atom. The number of likely N-dealkylation sites (N-methyl/N-ethyl adjacent to an activating group) is 1. The molecule has 5 heteroatoms. The molecule has 0 radical (unpaired) electrons. The number of rotatable bonds is 0. The van der Waals surface area contributed by atoms with Crippen LogP contribution in [0.2, 0.25) is 5.02 Å². The van der Waals surface area contributed by atoms with Gasteiger partial charge >= 0.3 is 0 Å². The first-order valence-corrected chi connectivity index (χ1v) is 6.36. The van der Waals surface area contributed by atoms with Crippen LogP contribution in [0.1, 0.15) is 23.2 Å². The number of halogens is 1. The SMILES string of the molecule is CN1C(=O)C2CCCN2C(=O)c2c(Cl)cccc21. The molecule has 3 rings (SSSR count). The maximum absolute atomic E-state index is 12.5. The molecule has 4 nitrogen and oxygen atoms in total. The monoisotopic (exact) mass is 264 g/mol. The summed E-state index contributed by atoms with van der Waals surface area (Å²) in [6.45, 7) is 0.633. The van der Waals surface area contributed by atoms with Gasteiger partial charge in [0.2, 0.25) is 5.91 Å². The van der Waals surface area contributed by atoms with Gasteiger partial charge in [-0.3, -0.25) is 9.59 Å². The second-order valence-corrected chi connectivity index (χ2v) is 5.09. The number of carbonyl (C=O) groups is 2. The van der Waals surface area contributed by atoms with Crippen LogP contribution in [0.15, 0.2) is 18.2 Å². The van der Waals surface area contributed by atoms with E-state index in [1.54, 1.807) is 35.0 Å². The predicted octanol–water partition coefficient (Wildman–Crippen LogP) is 1.92. The van der Waals surface area contributed by atoms with Gasteiger partial charge in [0.05, 0.1) is 16.3 Å². The van der Waals surface area contributed by atoms with Crippen molar-refractivity contribution >= 4 is 29.1 Å². The van der Waals surface area contributed by atoms with Gasteiger partial charge in [-0.1, -0.05) is 17.7 Å². The van der Waals surface area contributed by atoms with E-state index in [0.29, 0.717) is 22.8 Å². The molecule has 94 valence electrons. The molecule has 1 saturated heterocycles. The molecule has 1 fully saturated rings. The molecule has 2 aliphatic rings. The number of benzene rings is 1. The van der Waals surface area contributed by atoms with Crippen molar-refractivity contribution in [1.82, 2.24) is 4.90 Å². The van der Waals surface area contributed by atoms with Crippen molar-refractivity contribution < 1.29 is 9.59 Å². The highest BCUT2D eigenvalue weighted by molar-refractivity contribution is 6.35. The van der Waals surface area contributed by atoms with Crippen LogP contribution >= 0.6 is 11.6 Å². The second-order valence-electron chi connectivity index (χ2n) is 4.69. The Labute approximate surface area is 110 Å². The molecule has 0 aromatic heterocycles. The summed E-state index contributed by atoms with van der Waals surface area (Å²) in [4.78, 5) is 28.0. The molecule has 0 spiro atoms. The summed E-state index contributed by atoms with van der Waals surface area (Å²) in [5, 5.41) is 0.407. The van der Waals surface area contributed by atoms with Crippen LogP contribution < -0.4 is 4.90 Å². The lowest BCUT2D eigenvalue weighted by Gasteiger charge is -2.22. The summed E-state index contributed by atoms with van der Waals surface area (Å²) in [7, 11) is 1.70. The Morgan fingerprint density at radius 3 is 2.89 bits per heavy atom. The van der Waals surface area contributed by atoms with Gasteiger partial charge in [0.15, 0.2) is 0 Å². The highest BCUT2D eigenvalue weighted by atomic mass is 35.5. The van der Waals surface area contributed by atoms with Crippen molar-refractivity contribution in [2.75, 3.05) is 18.5 Å². The van der Waals surface area contributed by atoms with Crippen LogP contribution in [0.4, 0.5) is 5.69 Å². The molecule has 0 N–H and O–H groups in total. The van der Waals surface area contributed by atoms with E-state index in [9.17, 15) is 9.59 Å². The number of fused-ring (bicyclic) bond motifs is 2. The maximum Gasteiger partial charge on any atom is 0.258 e. The van der Waals surface area contributed by atoms with Crippen molar-refractivity contribution in [1.29, 1.82) is 0 Å². The van der Waals surface area contributed by atoms with Gasteiger partial charge < -0.3 is 9.80 Å². The van der Waals surface area contributed by atoms with E-state index < -0.39 is 0 Å². The summed E-state index contributed by atoms with van der Waals surface area (Å²) < 4.78 is 0. The smallest absolute Gasteiger partial charge is 0.258 e. The Bertz CT molecular complexity index is 544. The Morgan fingerprint density at radius 1 is 1.33 bits per heavy atom. The largest absolute Gasteiger partial charge is 0.326 e. The predicted molar refractivity (Wildman–Crippen MR) is 68.9 cm³/mol. The molecule has 0 saturated carbocycles. The van der Waals surface area contributed by atoms with Gasteiger partial charge in [-0.25, -0.2) is 0 Å². The van der Waals surface area contributed by atoms with Crippen LogP contribution in [-0.4, -0.2) is 36.3 Å². The first-order valence-electron chi connectivity index (χ1n) is 5.98. The highest BCUT2D eigenvalue weighted by Gasteiger charge is 2.41. The van der Waals surface area contributed by atoms with E-state index in [0.717, 1.165) is 12.8 Å². The summed E-state index contributed by atoms with van der Waals surface area (Å²) >= 11 is 6.13. The lowest BCUT2D eigenvalue weighted by Crippen LogP contribution is -2.43. The van der Waals surface area contributed by atoms with Crippen molar-refractivity contribution in [2.45, 2.75) is 18.9 Å². The highest BCUT2D eigenvalue weighted by Crippen LogP contribution is 2.35. The van der Waals surface area contributed by atoms with E-state index in [2.05, 4.69) is 0 Å². The third-order valence-corrected chi connectivity index (χ3v) is 4.01. The molecule has 1 aromatic carbocycles. The molecular weight excluding hydrogens is 252 g/mol. The van der Waals surface area contributed by atoms with E-state index >= 15 is 0 Å². The maximum atomic E-state index is 12.5. The van der Waals surface area contributed by atoms with Gasteiger partial charge in [0.25, 0.3) is 5.91 Å². The fourth-order valence-electron chi connectivity index (χ4n) is 2.76. The molecule has 0 aliphatic carbocycles. The summed E-state index contributed by atoms with van der Waals surface area (Å²) in [5.41, 5.74) is 1.05. The van der Waals surface area contributed by atoms with E-state index in [1.807, 2.05) is 0 Å². The molecule has 0 bridgehead atoms. The summed E-state index contributed by atoms with van der Waals surface area (Å²) in [6.07, 6.45) is 1.61. The van der Waals surface area contributed by atoms with E-state index in [-0.39, 0.29) is 17.9 Å². The number of hydrogen-bond acceptors (Lipinski definition) is 2. The molecule has 18 heavy (non-hydrogen) atoms. The standard InChI is InChI=1S/C13H13ClN2O2/c1-15-9-5-2-4-8(14)11(9)13(18)16-7-3-6-10(16)12(15)17/h2,4-5,10H,3,6-7H2,1H3. The average Bonchev–Trinajstić information content (AvgIpc) is 2.82. The third kappa shape index (κ3) is 1.45. The van der Waals surface area contributed by atoms with Gasteiger partial charge in [-0.15, -0.1) is 0 Å². The molecule has 1 aromatic rings. The molecule has 2 heterocycles. The fraction of sp³-hybridized carbons (Fsp3) is 0.385. The number of hydrogen-bond donors (Lipinski definition) is 0. The quantitative estimate of drug-likeness (QED) is 0.718. The van der Waals surface area contributed by atoms with E-state index in [4.69, 9.17) is 11.6 Å². The van der Waals surface area contributed by atoms with Crippen molar-refractivity contribution in [3.05, 3.63) is 28.8 Å². The first-order chi connectivity index (χ1) is 8.61. The first kappa shape index (κ1) is 11.5. The minimum atomic E-state index is -0.328. The average molecular weight is 265 g/mol. The summed E-state index contributed by atoms with van der Waals surface area (Å²) in [6, 6.07) is 4.88. The van der Waals surface area contributed by atoms with Crippen LogP contribution in [-0.2, 0) is 4.79 Å². The third-order valence-electron chi connectivity index (χ3n) is 3.70. The molecule has 1 atom stereocenters. The Hall–Kier alpha value is -1.55. The number of nitrogens with zero attached hydrogens (tertiary/aromatic N) is 2. The lowest BCUT2D eigenvalue weighted by atomic mass is 10.1. The Kier molecular flexibility index (Phi) is 2.55. The van der Waals surface area contributed by atoms with Crippen molar-refractivity contribution in [3.8, 4) is 0 Å². The van der Waals surface area contributed by atoms with Crippen LogP contribution in [0.5, 0.6) is 0 Å². The van der Waals surface area contributed by atoms with Gasteiger partial charge in [-0.05, 0) is 25.0 Å². The molecule has 2 aliphatic heterocycles. The fourth-order valence-corrected chi connectivity index (χ4v) is 3.01. The molecular formula is C13H13ClN2O2. The summed E-state index contributed by atoms with van der Waals surface area (Å²) in [5.74, 6) is -0.155. The zero-order valence-electron chi connectivity index (χ0n) is 10.0. The minimum Gasteiger partial charge on any atom is -0.326 e. The number of carbonyl (C=O) groups excluding carboxylic acids is 2. The molecule has 1 unspecified atom stereocenters. The number of amides is 2. The topological polar surface area (TPSA) is 40.6 Å². The zero-order chi connectivity index (χ0) is 12.9. The van der Waals surface area contributed by atoms with Crippen molar-refractivity contribution in [3.63, 3.8) is 0 Å². The van der Waals surface area contributed by atoms with Gasteiger partial charge in [0, 0.05) is 13.6 Å². The lowest BCUT2D eigenvalue weighted by molar-refractivity contribution is -0.121. The zero-order valence-corrected chi connectivity index (χ0v) is 10.8. The van der Waals surface area contributed by atoms with Crippen molar-refractivity contribution in [2.24, 2.45) is 0 Å². The van der Waals surface area contributed by atoms with Gasteiger partial charge in [0.1, 0.15) is 6.04 Å². The number of anilines is 1. The van der Waals surface area contributed by atoms with E-state index in [1.165, 1.54) is 0 Å². The minimum absolute atomic E-state index is 0.0260. The normalized spacial score (nSPS) is 22.9. The Balaban J connectivity index is 2.22. The van der Waals surface area contributed by atoms with Gasteiger partial charge in [-0.2, -0.15) is 0 Å². The molecule has 2 amide bonds. The van der Waals surface area contributed by atoms with Crippen LogP contribution in [0.3, 0.4) is 0 Å². The second kappa shape index (κ2) is 3.99.